The highest BCUT2D eigenvalue weighted by Crippen LogP contribution is 2.35. The maximum Gasteiger partial charge on any atom is 0.322 e. The Morgan fingerprint density at radius 3 is 2.71 bits per heavy atom. The normalized spacial score (nSPS) is 19.7. The Labute approximate surface area is 131 Å². The van der Waals surface area contributed by atoms with Crippen molar-refractivity contribution in [3.8, 4) is 5.75 Å². The maximum atomic E-state index is 12.8. The first-order chi connectivity index (χ1) is 9.78. The lowest BCUT2D eigenvalue weighted by atomic mass is 10.2. The second-order valence-corrected chi connectivity index (χ2v) is 7.58. The molecule has 1 aromatic carbocycles. The summed E-state index contributed by atoms with van der Waals surface area (Å²) in [4.78, 5) is 11.2. The van der Waals surface area contributed by atoms with Crippen LogP contribution in [0.1, 0.15) is 18.4 Å². The van der Waals surface area contributed by atoms with Gasteiger partial charge in [0.05, 0.1) is 7.11 Å². The number of aliphatic carboxylic acids is 1. The summed E-state index contributed by atoms with van der Waals surface area (Å²) >= 11 is 3.30. The van der Waals surface area contributed by atoms with Gasteiger partial charge in [-0.1, -0.05) is 15.9 Å². The van der Waals surface area contributed by atoms with Crippen molar-refractivity contribution in [3.05, 3.63) is 22.2 Å². The van der Waals surface area contributed by atoms with Gasteiger partial charge in [0.2, 0.25) is 10.0 Å². The van der Waals surface area contributed by atoms with Crippen LogP contribution in [-0.2, 0) is 14.8 Å². The van der Waals surface area contributed by atoms with Crippen LogP contribution in [0, 0.1) is 6.92 Å². The van der Waals surface area contributed by atoms with Crippen molar-refractivity contribution in [2.45, 2.75) is 30.7 Å². The number of carboxylic acid groups (broad SMARTS) is 1. The number of carbonyl (C=O) groups is 1. The molecule has 8 heteroatoms. The molecule has 1 fully saturated rings. The minimum absolute atomic E-state index is 0.0179. The summed E-state index contributed by atoms with van der Waals surface area (Å²) in [6.07, 6.45) is 0.857. The number of methoxy groups -OCH3 is 1. The Bertz CT molecular complexity index is 673. The Morgan fingerprint density at radius 2 is 2.14 bits per heavy atom. The second kappa shape index (κ2) is 5.94. The van der Waals surface area contributed by atoms with Crippen LogP contribution in [-0.4, -0.2) is 43.5 Å². The zero-order valence-electron chi connectivity index (χ0n) is 11.7. The Morgan fingerprint density at radius 1 is 1.48 bits per heavy atom. The van der Waals surface area contributed by atoms with Gasteiger partial charge in [-0.25, -0.2) is 8.42 Å². The van der Waals surface area contributed by atoms with E-state index in [-0.39, 0.29) is 17.2 Å². The zero-order valence-corrected chi connectivity index (χ0v) is 14.1. The fraction of sp³-hybridized carbons (Fsp3) is 0.462. The quantitative estimate of drug-likeness (QED) is 0.867. The number of rotatable bonds is 4. The fourth-order valence-corrected chi connectivity index (χ4v) is 4.71. The number of aryl methyl sites for hydroxylation is 1. The first kappa shape index (κ1) is 16.3. The molecule has 21 heavy (non-hydrogen) atoms. The molecule has 2 rings (SSSR count). The minimum atomic E-state index is -3.92. The van der Waals surface area contributed by atoms with E-state index >= 15 is 0 Å². The molecule has 1 aromatic rings. The largest absolute Gasteiger partial charge is 0.495 e. The Balaban J connectivity index is 2.54. The van der Waals surface area contributed by atoms with Gasteiger partial charge >= 0.3 is 5.97 Å². The molecule has 1 unspecified atom stereocenters. The zero-order chi connectivity index (χ0) is 15.8. The molecule has 1 aliphatic rings. The van der Waals surface area contributed by atoms with Crippen LogP contribution in [0.5, 0.6) is 5.75 Å². The lowest BCUT2D eigenvalue weighted by Gasteiger charge is -2.22. The predicted octanol–water partition coefficient (Wildman–Crippen LogP) is 2.00. The van der Waals surface area contributed by atoms with Crippen molar-refractivity contribution in [1.29, 1.82) is 0 Å². The van der Waals surface area contributed by atoms with Crippen LogP contribution in [0.3, 0.4) is 0 Å². The van der Waals surface area contributed by atoms with Crippen molar-refractivity contribution in [2.75, 3.05) is 13.7 Å². The molecule has 0 amide bonds. The van der Waals surface area contributed by atoms with E-state index in [0.717, 1.165) is 9.87 Å². The molecule has 1 heterocycles. The van der Waals surface area contributed by atoms with Crippen molar-refractivity contribution in [2.24, 2.45) is 0 Å². The maximum absolute atomic E-state index is 12.8. The number of sulfonamides is 1. The van der Waals surface area contributed by atoms with Crippen LogP contribution in [0.25, 0.3) is 0 Å². The van der Waals surface area contributed by atoms with Crippen molar-refractivity contribution in [1.82, 2.24) is 4.31 Å². The lowest BCUT2D eigenvalue weighted by molar-refractivity contribution is -0.140. The first-order valence-electron chi connectivity index (χ1n) is 6.38. The number of halogens is 1. The third kappa shape index (κ3) is 2.93. The van der Waals surface area contributed by atoms with E-state index < -0.39 is 22.0 Å². The summed E-state index contributed by atoms with van der Waals surface area (Å²) in [5.41, 5.74) is 0.835. The van der Waals surface area contributed by atoms with Gasteiger partial charge in [0.1, 0.15) is 16.7 Å². The van der Waals surface area contributed by atoms with Crippen molar-refractivity contribution >= 4 is 31.9 Å². The lowest BCUT2D eigenvalue weighted by Crippen LogP contribution is -2.40. The molecule has 6 nitrogen and oxygen atoms in total. The first-order valence-corrected chi connectivity index (χ1v) is 8.61. The van der Waals surface area contributed by atoms with E-state index in [9.17, 15) is 18.3 Å². The highest BCUT2D eigenvalue weighted by molar-refractivity contribution is 9.10. The molecule has 1 aliphatic heterocycles. The van der Waals surface area contributed by atoms with Gasteiger partial charge in [0, 0.05) is 11.0 Å². The molecular formula is C13H16BrNO5S. The third-order valence-corrected chi connectivity index (χ3v) is 6.30. The summed E-state index contributed by atoms with van der Waals surface area (Å²) in [6.45, 7) is 2.02. The molecule has 1 saturated heterocycles. The van der Waals surface area contributed by atoms with E-state index in [0.29, 0.717) is 17.3 Å². The highest BCUT2D eigenvalue weighted by atomic mass is 79.9. The monoisotopic (exact) mass is 377 g/mol. The van der Waals surface area contributed by atoms with Crippen LogP contribution >= 0.6 is 15.9 Å². The molecule has 0 radical (unpaired) electrons. The van der Waals surface area contributed by atoms with Crippen LogP contribution in [0.15, 0.2) is 21.5 Å². The Kier molecular flexibility index (Phi) is 4.60. The summed E-state index contributed by atoms with van der Waals surface area (Å²) in [5.74, 6) is -0.909. The number of carboxylic acids is 1. The van der Waals surface area contributed by atoms with Crippen molar-refractivity contribution in [3.63, 3.8) is 0 Å². The van der Waals surface area contributed by atoms with Gasteiger partial charge in [0.15, 0.2) is 0 Å². The minimum Gasteiger partial charge on any atom is -0.495 e. The van der Waals surface area contributed by atoms with E-state index in [1.165, 1.54) is 13.2 Å². The standard InChI is InChI=1S/C13H16BrNO5S/c1-8-6-11(20-2)12(7-9(8)14)21(18,19)15-5-3-4-10(15)13(16)17/h6-7,10H,3-5H2,1-2H3,(H,16,17). The molecule has 1 N–H and O–H groups in total. The molecule has 0 spiro atoms. The number of hydrogen-bond donors (Lipinski definition) is 1. The topological polar surface area (TPSA) is 83.9 Å². The van der Waals surface area contributed by atoms with Gasteiger partial charge in [-0.15, -0.1) is 0 Å². The average Bonchev–Trinajstić information content (AvgIpc) is 2.91. The van der Waals surface area contributed by atoms with Gasteiger partial charge in [0.25, 0.3) is 0 Å². The van der Waals surface area contributed by atoms with Crippen LogP contribution < -0.4 is 4.74 Å². The summed E-state index contributed by atoms with van der Waals surface area (Å²) in [6, 6.07) is 2.06. The van der Waals surface area contributed by atoms with E-state index in [1.807, 2.05) is 6.92 Å². The summed E-state index contributed by atoms with van der Waals surface area (Å²) in [7, 11) is -2.53. The number of hydrogen-bond acceptors (Lipinski definition) is 4. The van der Waals surface area contributed by atoms with Crippen LogP contribution in [0.4, 0.5) is 0 Å². The van der Waals surface area contributed by atoms with Gasteiger partial charge < -0.3 is 9.84 Å². The molecule has 0 aliphatic carbocycles. The SMILES string of the molecule is COc1cc(C)c(Br)cc1S(=O)(=O)N1CCCC1C(=O)O. The molecule has 1 atom stereocenters. The summed E-state index contributed by atoms with van der Waals surface area (Å²) in [5, 5.41) is 9.17. The fourth-order valence-electron chi connectivity index (χ4n) is 2.40. The molecule has 0 bridgehead atoms. The Hall–Kier alpha value is -1.12. The number of benzene rings is 1. The van der Waals surface area contributed by atoms with Crippen LogP contribution in [0.2, 0.25) is 0 Å². The number of nitrogens with zero attached hydrogens (tertiary/aromatic N) is 1. The molecule has 0 aromatic heterocycles. The smallest absolute Gasteiger partial charge is 0.322 e. The van der Waals surface area contributed by atoms with Gasteiger partial charge in [-0.2, -0.15) is 4.31 Å². The number of ether oxygens (including phenoxy) is 1. The summed E-state index contributed by atoms with van der Waals surface area (Å²) < 4.78 is 32.3. The van der Waals surface area contributed by atoms with E-state index in [2.05, 4.69) is 15.9 Å². The van der Waals surface area contributed by atoms with Gasteiger partial charge in [-0.05, 0) is 37.5 Å². The third-order valence-electron chi connectivity index (χ3n) is 3.52. The van der Waals surface area contributed by atoms with E-state index in [4.69, 9.17) is 4.74 Å². The highest BCUT2D eigenvalue weighted by Gasteiger charge is 2.40. The average molecular weight is 378 g/mol. The van der Waals surface area contributed by atoms with E-state index in [1.54, 1.807) is 6.07 Å². The predicted molar refractivity (Wildman–Crippen MR) is 80.0 cm³/mol. The van der Waals surface area contributed by atoms with Crippen molar-refractivity contribution < 1.29 is 23.1 Å². The second-order valence-electron chi connectivity index (χ2n) is 4.86. The molecule has 0 saturated carbocycles. The van der Waals surface area contributed by atoms with Gasteiger partial charge in [-0.3, -0.25) is 4.79 Å². The molecule has 116 valence electrons. The molecular weight excluding hydrogens is 362 g/mol.